The summed E-state index contributed by atoms with van der Waals surface area (Å²) in [5.41, 5.74) is -1.87. The van der Waals surface area contributed by atoms with Gasteiger partial charge in [-0.1, -0.05) is 23.2 Å². The fraction of sp³-hybridized carbons (Fsp3) is 0.238. The normalized spacial score (nSPS) is 20.0. The number of amides is 4. The van der Waals surface area contributed by atoms with Gasteiger partial charge in [-0.15, -0.1) is 0 Å². The van der Waals surface area contributed by atoms with Gasteiger partial charge in [0.25, 0.3) is 11.8 Å². The standard InChI is InChI=1S/C21H16Cl2FN3O5/c1-2-27-20(32)26(9-11-7-12(22)3-5-15(11)24)19(31)21(27)14-8-13(23)4-6-16(14)25(18(21)30)10-17(28)29/h3-8H,2,9-10H2,1H3,(H,28,29)/t21-/m1/s1. The minimum Gasteiger partial charge on any atom is -0.480 e. The second-order valence-corrected chi connectivity index (χ2v) is 8.18. The number of nitrogens with zero attached hydrogens (tertiary/aromatic N) is 3. The number of aliphatic carboxylic acids is 1. The van der Waals surface area contributed by atoms with E-state index in [1.807, 2.05) is 0 Å². The van der Waals surface area contributed by atoms with Gasteiger partial charge in [0.15, 0.2) is 0 Å². The lowest BCUT2D eigenvalue weighted by molar-refractivity contribution is -0.144. The number of imide groups is 1. The molecule has 2 heterocycles. The van der Waals surface area contributed by atoms with E-state index in [1.165, 1.54) is 30.3 Å². The first-order chi connectivity index (χ1) is 15.1. The van der Waals surface area contributed by atoms with E-state index in [-0.39, 0.29) is 33.4 Å². The quantitative estimate of drug-likeness (QED) is 0.524. The molecule has 1 saturated heterocycles. The number of carboxylic acid groups (broad SMARTS) is 1. The molecule has 0 saturated carbocycles. The Morgan fingerprint density at radius 1 is 1.03 bits per heavy atom. The summed E-state index contributed by atoms with van der Waals surface area (Å²) in [5, 5.41) is 9.71. The lowest BCUT2D eigenvalue weighted by atomic mass is 9.89. The lowest BCUT2D eigenvalue weighted by Crippen LogP contribution is -2.54. The largest absolute Gasteiger partial charge is 0.480 e. The molecular formula is C21H16Cl2FN3O5. The number of hydrogen-bond donors (Lipinski definition) is 1. The number of fused-ring (bicyclic) bond motifs is 2. The van der Waals surface area contributed by atoms with Crippen molar-refractivity contribution in [1.29, 1.82) is 0 Å². The predicted molar refractivity (Wildman–Crippen MR) is 113 cm³/mol. The lowest BCUT2D eigenvalue weighted by Gasteiger charge is -2.29. The number of likely N-dealkylation sites (N-methyl/N-ethyl adjacent to an activating group) is 1. The number of carbonyl (C=O) groups excluding carboxylic acids is 3. The summed E-state index contributed by atoms with van der Waals surface area (Å²) >= 11 is 12.1. The fourth-order valence-corrected chi connectivity index (χ4v) is 4.61. The van der Waals surface area contributed by atoms with Crippen LogP contribution >= 0.6 is 23.2 Å². The molecule has 2 aromatic carbocycles. The van der Waals surface area contributed by atoms with Gasteiger partial charge in [0.1, 0.15) is 12.4 Å². The van der Waals surface area contributed by atoms with E-state index < -0.39 is 48.3 Å². The molecule has 0 aromatic heterocycles. The molecule has 0 radical (unpaired) electrons. The average Bonchev–Trinajstić information content (AvgIpc) is 3.09. The number of carbonyl (C=O) groups is 4. The van der Waals surface area contributed by atoms with E-state index in [1.54, 1.807) is 6.92 Å². The molecule has 4 rings (SSSR count). The van der Waals surface area contributed by atoms with Crippen molar-refractivity contribution < 1.29 is 28.7 Å². The van der Waals surface area contributed by atoms with Gasteiger partial charge in [-0.2, -0.15) is 0 Å². The highest BCUT2D eigenvalue weighted by atomic mass is 35.5. The highest BCUT2D eigenvalue weighted by Crippen LogP contribution is 2.49. The Labute approximate surface area is 191 Å². The van der Waals surface area contributed by atoms with Crippen LogP contribution in [0.4, 0.5) is 14.9 Å². The van der Waals surface area contributed by atoms with Crippen LogP contribution in [-0.4, -0.2) is 51.8 Å². The molecule has 1 N–H and O–H groups in total. The molecule has 0 unspecified atom stereocenters. The van der Waals surface area contributed by atoms with Gasteiger partial charge < -0.3 is 5.11 Å². The molecule has 2 aromatic rings. The van der Waals surface area contributed by atoms with Crippen molar-refractivity contribution in [3.05, 3.63) is 63.4 Å². The zero-order chi connectivity index (χ0) is 23.4. The molecule has 1 spiro atoms. The summed E-state index contributed by atoms with van der Waals surface area (Å²) in [6.45, 7) is 0.368. The molecule has 11 heteroatoms. The minimum atomic E-state index is -2.13. The van der Waals surface area contributed by atoms with Crippen LogP contribution in [0.3, 0.4) is 0 Å². The van der Waals surface area contributed by atoms with Gasteiger partial charge in [-0.05, 0) is 43.3 Å². The topological polar surface area (TPSA) is 98.2 Å². The Morgan fingerprint density at radius 2 is 1.66 bits per heavy atom. The summed E-state index contributed by atoms with van der Waals surface area (Å²) in [4.78, 5) is 54.6. The van der Waals surface area contributed by atoms with Crippen molar-refractivity contribution in [2.45, 2.75) is 19.0 Å². The summed E-state index contributed by atoms with van der Waals surface area (Å²) in [6, 6.07) is 7.17. The van der Waals surface area contributed by atoms with Gasteiger partial charge in [0, 0.05) is 27.7 Å². The minimum absolute atomic E-state index is 0.00791. The van der Waals surface area contributed by atoms with Crippen molar-refractivity contribution in [3.8, 4) is 0 Å². The monoisotopic (exact) mass is 479 g/mol. The van der Waals surface area contributed by atoms with E-state index in [0.29, 0.717) is 0 Å². The second kappa shape index (κ2) is 7.75. The van der Waals surface area contributed by atoms with Crippen molar-refractivity contribution in [2.24, 2.45) is 0 Å². The molecule has 2 aliphatic heterocycles. The Bertz CT molecular complexity index is 1190. The first-order valence-electron chi connectivity index (χ1n) is 9.54. The molecule has 1 fully saturated rings. The zero-order valence-electron chi connectivity index (χ0n) is 16.6. The third-order valence-electron chi connectivity index (χ3n) is 5.56. The van der Waals surface area contributed by atoms with Crippen LogP contribution < -0.4 is 4.90 Å². The van der Waals surface area contributed by atoms with E-state index in [4.69, 9.17) is 23.2 Å². The molecule has 4 amide bonds. The summed E-state index contributed by atoms with van der Waals surface area (Å²) in [7, 11) is 0. The van der Waals surface area contributed by atoms with Crippen molar-refractivity contribution in [2.75, 3.05) is 18.0 Å². The predicted octanol–water partition coefficient (Wildman–Crippen LogP) is 3.24. The highest BCUT2D eigenvalue weighted by molar-refractivity contribution is 6.32. The number of anilines is 1. The van der Waals surface area contributed by atoms with Crippen molar-refractivity contribution >= 4 is 52.7 Å². The Hall–Kier alpha value is -3.17. The number of halogens is 3. The smallest absolute Gasteiger partial charge is 0.328 e. The van der Waals surface area contributed by atoms with Crippen LogP contribution in [0.15, 0.2) is 36.4 Å². The average molecular weight is 480 g/mol. The number of carboxylic acids is 1. The zero-order valence-corrected chi connectivity index (χ0v) is 18.2. The van der Waals surface area contributed by atoms with Crippen molar-refractivity contribution in [1.82, 2.24) is 9.80 Å². The summed E-state index contributed by atoms with van der Waals surface area (Å²) in [6.07, 6.45) is 0. The first kappa shape index (κ1) is 22.0. The maximum absolute atomic E-state index is 14.3. The van der Waals surface area contributed by atoms with Gasteiger partial charge >= 0.3 is 12.0 Å². The van der Waals surface area contributed by atoms with Crippen LogP contribution in [0.5, 0.6) is 0 Å². The Morgan fingerprint density at radius 3 is 2.31 bits per heavy atom. The van der Waals surface area contributed by atoms with E-state index in [2.05, 4.69) is 0 Å². The van der Waals surface area contributed by atoms with Crippen LogP contribution in [0, 0.1) is 5.82 Å². The Balaban J connectivity index is 1.88. The van der Waals surface area contributed by atoms with E-state index in [9.17, 15) is 28.7 Å². The van der Waals surface area contributed by atoms with Gasteiger partial charge in [0.2, 0.25) is 5.54 Å². The van der Waals surface area contributed by atoms with Crippen LogP contribution in [0.2, 0.25) is 10.0 Å². The number of benzene rings is 2. The highest BCUT2D eigenvalue weighted by Gasteiger charge is 2.68. The third kappa shape index (κ3) is 3.03. The second-order valence-electron chi connectivity index (χ2n) is 7.31. The molecule has 0 bridgehead atoms. The van der Waals surface area contributed by atoms with Gasteiger partial charge in [0.05, 0.1) is 12.2 Å². The molecule has 2 aliphatic rings. The van der Waals surface area contributed by atoms with Crippen LogP contribution in [0.25, 0.3) is 0 Å². The summed E-state index contributed by atoms with van der Waals surface area (Å²) < 4.78 is 14.3. The first-order valence-corrected chi connectivity index (χ1v) is 10.3. The molecular weight excluding hydrogens is 464 g/mol. The fourth-order valence-electron chi connectivity index (χ4n) is 4.25. The molecule has 166 valence electrons. The third-order valence-corrected chi connectivity index (χ3v) is 6.03. The molecule has 32 heavy (non-hydrogen) atoms. The SMILES string of the molecule is CCN1C(=O)N(Cc2cc(Cl)ccc2F)C(=O)[C@@]12C(=O)N(CC(=O)O)c1ccc(Cl)cc12. The van der Waals surface area contributed by atoms with Crippen LogP contribution in [0.1, 0.15) is 18.1 Å². The maximum Gasteiger partial charge on any atom is 0.328 e. The maximum atomic E-state index is 14.3. The summed E-state index contributed by atoms with van der Waals surface area (Å²) in [5.74, 6) is -3.77. The Kier molecular flexibility index (Phi) is 5.34. The number of rotatable bonds is 5. The number of hydrogen-bond acceptors (Lipinski definition) is 4. The van der Waals surface area contributed by atoms with E-state index in [0.717, 1.165) is 20.8 Å². The van der Waals surface area contributed by atoms with Gasteiger partial charge in [-0.25, -0.2) is 9.18 Å². The molecule has 8 nitrogen and oxygen atoms in total. The van der Waals surface area contributed by atoms with E-state index >= 15 is 0 Å². The van der Waals surface area contributed by atoms with Crippen LogP contribution in [-0.2, 0) is 26.5 Å². The molecule has 0 aliphatic carbocycles. The van der Waals surface area contributed by atoms with Crippen molar-refractivity contribution in [3.63, 3.8) is 0 Å². The number of urea groups is 1. The van der Waals surface area contributed by atoms with Gasteiger partial charge in [-0.3, -0.25) is 29.1 Å². The molecule has 1 atom stereocenters.